The molecular weight excluding hydrogens is 214 g/mol. The second kappa shape index (κ2) is 4.74. The van der Waals surface area contributed by atoms with Crippen LogP contribution >= 0.6 is 23.2 Å². The maximum absolute atomic E-state index is 12.0. The first-order valence-electron chi connectivity index (χ1n) is 3.77. The minimum Gasteiger partial charge on any atom is -0.324 e. The number of alkyl halides is 1. The molecule has 5 heteroatoms. The zero-order valence-corrected chi connectivity index (χ0v) is 8.32. The predicted octanol–water partition coefficient (Wildman–Crippen LogP) is 2.75. The predicted molar refractivity (Wildman–Crippen MR) is 51.8 cm³/mol. The average molecular weight is 223 g/mol. The summed E-state index contributed by atoms with van der Waals surface area (Å²) in [5, 5.41) is 0.766. The van der Waals surface area contributed by atoms with Crippen molar-refractivity contribution in [2.45, 2.75) is 12.5 Å². The first-order valence-corrected chi connectivity index (χ1v) is 4.53. The van der Waals surface area contributed by atoms with E-state index in [-0.39, 0.29) is 6.42 Å². The molecule has 1 heterocycles. The Hall–Kier alpha value is -0.380. The number of pyridine rings is 1. The van der Waals surface area contributed by atoms with Gasteiger partial charge in [-0.25, -0.2) is 0 Å². The Morgan fingerprint density at radius 1 is 1.38 bits per heavy atom. The fourth-order valence-corrected chi connectivity index (χ4v) is 1.68. The average Bonchev–Trinajstić information content (AvgIpc) is 2.04. The minimum absolute atomic E-state index is 0.212. The molecule has 0 unspecified atom stereocenters. The van der Waals surface area contributed by atoms with Gasteiger partial charge in [-0.3, -0.25) is 9.37 Å². The van der Waals surface area contributed by atoms with Crippen LogP contribution in [-0.2, 0) is 0 Å². The Bertz CT molecular complexity index is 273. The highest BCUT2D eigenvalue weighted by Crippen LogP contribution is 2.29. The lowest BCUT2D eigenvalue weighted by atomic mass is 10.1. The van der Waals surface area contributed by atoms with E-state index < -0.39 is 12.7 Å². The number of hydrogen-bond donors (Lipinski definition) is 1. The fourth-order valence-electron chi connectivity index (χ4n) is 1.04. The summed E-state index contributed by atoms with van der Waals surface area (Å²) in [6.07, 6.45) is 3.10. The number of hydrogen-bond acceptors (Lipinski definition) is 2. The molecule has 0 amide bonds. The summed E-state index contributed by atoms with van der Waals surface area (Å²) >= 11 is 11.6. The first kappa shape index (κ1) is 10.7. The highest BCUT2D eigenvalue weighted by atomic mass is 35.5. The van der Waals surface area contributed by atoms with E-state index in [4.69, 9.17) is 28.9 Å². The highest BCUT2D eigenvalue weighted by molar-refractivity contribution is 6.35. The molecule has 2 nitrogen and oxygen atoms in total. The van der Waals surface area contributed by atoms with Gasteiger partial charge >= 0.3 is 0 Å². The molecule has 1 aromatic rings. The van der Waals surface area contributed by atoms with Crippen molar-refractivity contribution in [2.75, 3.05) is 6.67 Å². The van der Waals surface area contributed by atoms with Gasteiger partial charge in [0.1, 0.15) is 0 Å². The number of nitrogens with two attached hydrogens (primary N) is 1. The van der Waals surface area contributed by atoms with Gasteiger partial charge in [-0.15, -0.1) is 0 Å². The third-order valence-corrected chi connectivity index (χ3v) is 2.28. The number of aromatic nitrogens is 1. The van der Waals surface area contributed by atoms with Crippen LogP contribution in [0.15, 0.2) is 12.4 Å². The lowest BCUT2D eigenvalue weighted by molar-refractivity contribution is 0.442. The maximum Gasteiger partial charge on any atom is 0.0912 e. The molecule has 72 valence electrons. The molecule has 0 bridgehead atoms. The van der Waals surface area contributed by atoms with Gasteiger partial charge in [0.2, 0.25) is 0 Å². The van der Waals surface area contributed by atoms with Crippen LogP contribution in [0, 0.1) is 0 Å². The van der Waals surface area contributed by atoms with E-state index >= 15 is 0 Å². The Morgan fingerprint density at radius 2 is 1.92 bits per heavy atom. The van der Waals surface area contributed by atoms with Gasteiger partial charge in [0.15, 0.2) is 0 Å². The van der Waals surface area contributed by atoms with Crippen molar-refractivity contribution in [1.29, 1.82) is 0 Å². The largest absolute Gasteiger partial charge is 0.324 e. The summed E-state index contributed by atoms with van der Waals surface area (Å²) in [5.74, 6) is 0. The molecule has 0 radical (unpaired) electrons. The Labute approximate surface area is 85.9 Å². The Morgan fingerprint density at radius 3 is 2.38 bits per heavy atom. The summed E-state index contributed by atoms with van der Waals surface area (Å²) in [5.41, 5.74) is 6.24. The van der Waals surface area contributed by atoms with Crippen LogP contribution in [0.1, 0.15) is 18.0 Å². The van der Waals surface area contributed by atoms with E-state index in [9.17, 15) is 4.39 Å². The van der Waals surface area contributed by atoms with Crippen LogP contribution < -0.4 is 5.73 Å². The van der Waals surface area contributed by atoms with Gasteiger partial charge < -0.3 is 5.73 Å². The fraction of sp³-hybridized carbons (Fsp3) is 0.375. The van der Waals surface area contributed by atoms with E-state index in [1.165, 1.54) is 12.4 Å². The van der Waals surface area contributed by atoms with Gasteiger partial charge in [-0.2, -0.15) is 0 Å². The topological polar surface area (TPSA) is 38.9 Å². The molecule has 1 rings (SSSR count). The Balaban J connectivity index is 2.98. The number of nitrogens with zero attached hydrogens (tertiary/aromatic N) is 1. The third kappa shape index (κ3) is 2.53. The molecule has 13 heavy (non-hydrogen) atoms. The van der Waals surface area contributed by atoms with E-state index in [2.05, 4.69) is 4.98 Å². The van der Waals surface area contributed by atoms with E-state index in [0.29, 0.717) is 15.6 Å². The van der Waals surface area contributed by atoms with E-state index in [0.717, 1.165) is 0 Å². The number of halogens is 3. The summed E-state index contributed by atoms with van der Waals surface area (Å²) in [7, 11) is 0. The van der Waals surface area contributed by atoms with Crippen LogP contribution in [0.4, 0.5) is 4.39 Å². The Kier molecular flexibility index (Phi) is 3.90. The minimum atomic E-state index is -0.490. The summed E-state index contributed by atoms with van der Waals surface area (Å²) in [6, 6.07) is -0.465. The van der Waals surface area contributed by atoms with Crippen molar-refractivity contribution in [2.24, 2.45) is 5.73 Å². The van der Waals surface area contributed by atoms with Gasteiger partial charge in [0.25, 0.3) is 0 Å². The summed E-state index contributed by atoms with van der Waals surface area (Å²) in [6.45, 7) is -0.490. The molecule has 1 aromatic heterocycles. The highest BCUT2D eigenvalue weighted by Gasteiger charge is 2.13. The SMILES string of the molecule is N[C@H](CCF)c1c(Cl)cncc1Cl. The van der Waals surface area contributed by atoms with Crippen LogP contribution in [-0.4, -0.2) is 11.7 Å². The van der Waals surface area contributed by atoms with E-state index in [1.54, 1.807) is 0 Å². The number of rotatable bonds is 3. The normalized spacial score (nSPS) is 12.9. The second-order valence-electron chi connectivity index (χ2n) is 2.60. The molecule has 0 saturated carbocycles. The van der Waals surface area contributed by atoms with Crippen molar-refractivity contribution in [3.8, 4) is 0 Å². The van der Waals surface area contributed by atoms with Gasteiger partial charge in [-0.05, 0) is 6.42 Å². The van der Waals surface area contributed by atoms with Crippen molar-refractivity contribution in [3.05, 3.63) is 28.0 Å². The van der Waals surface area contributed by atoms with Crippen molar-refractivity contribution in [3.63, 3.8) is 0 Å². The second-order valence-corrected chi connectivity index (χ2v) is 3.42. The molecule has 0 aliphatic carbocycles. The molecule has 0 spiro atoms. The lowest BCUT2D eigenvalue weighted by Gasteiger charge is -2.12. The quantitative estimate of drug-likeness (QED) is 0.855. The molecule has 0 saturated heterocycles. The molecule has 2 N–H and O–H groups in total. The first-order chi connectivity index (χ1) is 6.16. The van der Waals surface area contributed by atoms with Gasteiger partial charge in [-0.1, -0.05) is 23.2 Å². The molecule has 1 atom stereocenters. The van der Waals surface area contributed by atoms with Crippen LogP contribution in [0.2, 0.25) is 10.0 Å². The third-order valence-electron chi connectivity index (χ3n) is 1.68. The molecule has 0 aromatic carbocycles. The zero-order valence-electron chi connectivity index (χ0n) is 6.80. The van der Waals surface area contributed by atoms with Crippen molar-refractivity contribution < 1.29 is 4.39 Å². The monoisotopic (exact) mass is 222 g/mol. The van der Waals surface area contributed by atoms with Crippen LogP contribution in [0.5, 0.6) is 0 Å². The maximum atomic E-state index is 12.0. The van der Waals surface area contributed by atoms with Crippen LogP contribution in [0.3, 0.4) is 0 Å². The molecule has 0 fully saturated rings. The standard InChI is InChI=1S/C8H9Cl2FN2/c9-5-3-13-4-6(10)8(5)7(12)1-2-11/h3-4,7H,1-2,12H2/t7-/m1/s1. The lowest BCUT2D eigenvalue weighted by Crippen LogP contribution is -2.12. The van der Waals surface area contributed by atoms with Crippen molar-refractivity contribution in [1.82, 2.24) is 4.98 Å². The van der Waals surface area contributed by atoms with Crippen LogP contribution in [0.25, 0.3) is 0 Å². The summed E-state index contributed by atoms with van der Waals surface area (Å²) < 4.78 is 12.0. The van der Waals surface area contributed by atoms with E-state index in [1.807, 2.05) is 0 Å². The molecule has 0 aliphatic rings. The molecule has 0 aliphatic heterocycles. The zero-order chi connectivity index (χ0) is 9.84. The van der Waals surface area contributed by atoms with Crippen molar-refractivity contribution >= 4 is 23.2 Å². The molecular formula is C8H9Cl2FN2. The van der Waals surface area contributed by atoms with Gasteiger partial charge in [0, 0.05) is 24.0 Å². The van der Waals surface area contributed by atoms with Gasteiger partial charge in [0.05, 0.1) is 16.7 Å². The smallest absolute Gasteiger partial charge is 0.0912 e. The summed E-state index contributed by atoms with van der Waals surface area (Å²) in [4.78, 5) is 3.77.